The van der Waals surface area contributed by atoms with Gasteiger partial charge < -0.3 is 10.1 Å². The van der Waals surface area contributed by atoms with Gasteiger partial charge >= 0.3 is 0 Å². The van der Waals surface area contributed by atoms with Crippen LogP contribution in [-0.2, 0) is 6.54 Å². The Morgan fingerprint density at radius 1 is 1.45 bits per heavy atom. The normalized spacial score (nSPS) is 12.4. The lowest BCUT2D eigenvalue weighted by Crippen LogP contribution is -2.23. The fourth-order valence-corrected chi connectivity index (χ4v) is 2.40. The summed E-state index contributed by atoms with van der Waals surface area (Å²) < 4.78 is 21.3. The van der Waals surface area contributed by atoms with Gasteiger partial charge in [-0.2, -0.15) is 5.10 Å². The third kappa shape index (κ3) is 2.54. The van der Waals surface area contributed by atoms with Gasteiger partial charge in [0.1, 0.15) is 11.5 Å². The van der Waals surface area contributed by atoms with Crippen molar-refractivity contribution in [3.63, 3.8) is 0 Å². The fraction of sp³-hybridized carbons (Fsp3) is 0.400. The number of aromatic nitrogens is 2. The number of hydrogen-bond donors (Lipinski definition) is 1. The van der Waals surface area contributed by atoms with Crippen LogP contribution in [0.4, 0.5) is 4.39 Å². The molecule has 4 nitrogen and oxygen atoms in total. The van der Waals surface area contributed by atoms with E-state index >= 15 is 0 Å². The van der Waals surface area contributed by atoms with Crippen LogP contribution in [0.1, 0.15) is 29.8 Å². The second-order valence-electron chi connectivity index (χ2n) is 4.66. The average molecular weight is 277 g/mol. The Bertz CT molecular complexity index is 573. The molecule has 0 radical (unpaired) electrons. The minimum atomic E-state index is -0.299. The number of rotatable bonds is 5. The minimum absolute atomic E-state index is 0.235. The topological polar surface area (TPSA) is 39.1 Å². The van der Waals surface area contributed by atoms with Crippen LogP contribution in [0.25, 0.3) is 0 Å². The lowest BCUT2D eigenvalue weighted by Gasteiger charge is -2.20. The van der Waals surface area contributed by atoms with E-state index < -0.39 is 0 Å². The SMILES string of the molecule is CCn1ncc(OC)c1C(NC)c1cc(C)ccc1F. The van der Waals surface area contributed by atoms with E-state index in [4.69, 9.17) is 4.74 Å². The van der Waals surface area contributed by atoms with Gasteiger partial charge in [-0.15, -0.1) is 0 Å². The summed E-state index contributed by atoms with van der Waals surface area (Å²) in [4.78, 5) is 0. The van der Waals surface area contributed by atoms with E-state index in [9.17, 15) is 4.39 Å². The summed E-state index contributed by atoms with van der Waals surface area (Å²) >= 11 is 0. The van der Waals surface area contributed by atoms with Crippen molar-refractivity contribution in [2.24, 2.45) is 0 Å². The van der Waals surface area contributed by atoms with Crippen molar-refractivity contribution in [1.29, 1.82) is 0 Å². The lowest BCUT2D eigenvalue weighted by molar-refractivity contribution is 0.400. The highest BCUT2D eigenvalue weighted by Crippen LogP contribution is 2.31. The van der Waals surface area contributed by atoms with E-state index in [1.807, 2.05) is 24.6 Å². The molecule has 108 valence electrons. The fourth-order valence-electron chi connectivity index (χ4n) is 2.40. The molecule has 1 aromatic heterocycles. The molecule has 5 heteroatoms. The van der Waals surface area contributed by atoms with E-state index in [1.165, 1.54) is 6.07 Å². The summed E-state index contributed by atoms with van der Waals surface area (Å²) in [7, 11) is 3.40. The molecule has 1 heterocycles. The largest absolute Gasteiger partial charge is 0.493 e. The van der Waals surface area contributed by atoms with Crippen molar-refractivity contribution in [3.05, 3.63) is 47.0 Å². The van der Waals surface area contributed by atoms with Crippen LogP contribution in [0.2, 0.25) is 0 Å². The number of methoxy groups -OCH3 is 1. The molecule has 0 aliphatic heterocycles. The van der Waals surface area contributed by atoms with Crippen molar-refractivity contribution in [2.75, 3.05) is 14.2 Å². The second-order valence-corrected chi connectivity index (χ2v) is 4.66. The zero-order valence-electron chi connectivity index (χ0n) is 12.3. The number of aryl methyl sites for hydroxylation is 2. The Morgan fingerprint density at radius 2 is 2.20 bits per heavy atom. The van der Waals surface area contributed by atoms with Crippen LogP contribution in [0.15, 0.2) is 24.4 Å². The van der Waals surface area contributed by atoms with Crippen molar-refractivity contribution in [3.8, 4) is 5.75 Å². The number of halogens is 1. The quantitative estimate of drug-likeness (QED) is 0.913. The highest BCUT2D eigenvalue weighted by atomic mass is 19.1. The van der Waals surface area contributed by atoms with Crippen molar-refractivity contribution >= 4 is 0 Å². The maximum atomic E-state index is 14.2. The van der Waals surface area contributed by atoms with Gasteiger partial charge in [-0.1, -0.05) is 17.7 Å². The molecule has 0 saturated carbocycles. The number of ether oxygens (including phenoxy) is 1. The summed E-state index contributed by atoms with van der Waals surface area (Å²) in [5, 5.41) is 7.44. The molecule has 0 bridgehead atoms. The first-order valence-corrected chi connectivity index (χ1v) is 6.65. The Balaban J connectivity index is 2.57. The predicted molar refractivity (Wildman–Crippen MR) is 76.5 cm³/mol. The van der Waals surface area contributed by atoms with Gasteiger partial charge in [0.25, 0.3) is 0 Å². The first kappa shape index (κ1) is 14.5. The zero-order chi connectivity index (χ0) is 14.7. The van der Waals surface area contributed by atoms with Crippen LogP contribution in [0.3, 0.4) is 0 Å². The van der Waals surface area contributed by atoms with E-state index in [-0.39, 0.29) is 11.9 Å². The summed E-state index contributed by atoms with van der Waals surface area (Å²) in [6.07, 6.45) is 1.66. The molecule has 1 N–H and O–H groups in total. The van der Waals surface area contributed by atoms with Gasteiger partial charge in [-0.25, -0.2) is 4.39 Å². The maximum absolute atomic E-state index is 14.2. The van der Waals surface area contributed by atoms with E-state index in [2.05, 4.69) is 10.4 Å². The lowest BCUT2D eigenvalue weighted by atomic mass is 10.0. The van der Waals surface area contributed by atoms with Crippen LogP contribution in [-0.4, -0.2) is 23.9 Å². The molecule has 1 atom stereocenters. The van der Waals surface area contributed by atoms with Crippen LogP contribution in [0.5, 0.6) is 5.75 Å². The molecule has 0 amide bonds. The molecule has 1 aromatic carbocycles. The molecule has 0 fully saturated rings. The first-order chi connectivity index (χ1) is 9.62. The number of hydrogen-bond acceptors (Lipinski definition) is 3. The molecule has 0 saturated heterocycles. The zero-order valence-corrected chi connectivity index (χ0v) is 12.3. The molecule has 0 aliphatic carbocycles. The van der Waals surface area contributed by atoms with E-state index in [0.717, 1.165) is 11.3 Å². The van der Waals surface area contributed by atoms with E-state index in [1.54, 1.807) is 26.4 Å². The number of benzene rings is 1. The predicted octanol–water partition coefficient (Wildman–Crippen LogP) is 2.67. The summed E-state index contributed by atoms with van der Waals surface area (Å²) in [5.41, 5.74) is 2.45. The summed E-state index contributed by atoms with van der Waals surface area (Å²) in [6, 6.07) is 4.81. The smallest absolute Gasteiger partial charge is 0.161 e. The number of nitrogens with one attached hydrogen (secondary N) is 1. The minimum Gasteiger partial charge on any atom is -0.493 e. The van der Waals surface area contributed by atoms with Gasteiger partial charge in [0.2, 0.25) is 0 Å². The van der Waals surface area contributed by atoms with Gasteiger partial charge in [-0.3, -0.25) is 4.68 Å². The molecule has 0 aliphatic rings. The third-order valence-electron chi connectivity index (χ3n) is 3.39. The average Bonchev–Trinajstić information content (AvgIpc) is 2.86. The highest BCUT2D eigenvalue weighted by Gasteiger charge is 2.24. The number of nitrogens with zero attached hydrogens (tertiary/aromatic N) is 2. The monoisotopic (exact) mass is 277 g/mol. The molecule has 1 unspecified atom stereocenters. The van der Waals surface area contributed by atoms with Crippen LogP contribution in [0, 0.1) is 12.7 Å². The Morgan fingerprint density at radius 3 is 2.80 bits per heavy atom. The van der Waals surface area contributed by atoms with E-state index in [0.29, 0.717) is 17.9 Å². The first-order valence-electron chi connectivity index (χ1n) is 6.65. The Hall–Kier alpha value is -1.88. The van der Waals surface area contributed by atoms with Crippen LogP contribution >= 0.6 is 0 Å². The standard InChI is InChI=1S/C15H20FN3O/c1-5-19-15(13(20-4)9-18-19)14(17-3)11-8-10(2)6-7-12(11)16/h6-9,14,17H,5H2,1-4H3. The van der Waals surface area contributed by atoms with Crippen molar-refractivity contribution in [1.82, 2.24) is 15.1 Å². The molecular weight excluding hydrogens is 257 g/mol. The molecule has 2 rings (SSSR count). The summed E-state index contributed by atoms with van der Waals surface area (Å²) in [6.45, 7) is 4.64. The van der Waals surface area contributed by atoms with Gasteiger partial charge in [0, 0.05) is 12.1 Å². The Kier molecular flexibility index (Phi) is 4.39. The molecule has 0 spiro atoms. The second kappa shape index (κ2) is 6.05. The van der Waals surface area contributed by atoms with Crippen molar-refractivity contribution in [2.45, 2.75) is 26.4 Å². The highest BCUT2D eigenvalue weighted by molar-refractivity contribution is 5.38. The molecule has 2 aromatic rings. The van der Waals surface area contributed by atoms with Gasteiger partial charge in [0.05, 0.1) is 19.3 Å². The third-order valence-corrected chi connectivity index (χ3v) is 3.39. The Labute approximate surface area is 118 Å². The maximum Gasteiger partial charge on any atom is 0.161 e. The summed E-state index contributed by atoms with van der Waals surface area (Å²) in [5.74, 6) is 0.424. The van der Waals surface area contributed by atoms with Crippen LogP contribution < -0.4 is 10.1 Å². The van der Waals surface area contributed by atoms with Gasteiger partial charge in [-0.05, 0) is 27.0 Å². The molecule has 20 heavy (non-hydrogen) atoms. The van der Waals surface area contributed by atoms with Gasteiger partial charge in [0.15, 0.2) is 5.75 Å². The van der Waals surface area contributed by atoms with Crippen molar-refractivity contribution < 1.29 is 9.13 Å². The molecular formula is C15H20FN3O.